The van der Waals surface area contributed by atoms with Gasteiger partial charge in [-0.1, -0.05) is 0 Å². The first-order valence-electron chi connectivity index (χ1n) is 1.63. The Kier molecular flexibility index (Phi) is 79.4. The van der Waals surface area contributed by atoms with Crippen molar-refractivity contribution in [1.82, 2.24) is 0 Å². The van der Waals surface area contributed by atoms with Gasteiger partial charge in [-0.15, -0.1) is 0 Å². The monoisotopic (exact) mass is 196 g/mol. The Labute approximate surface area is 66.5 Å². The molecule has 0 rings (SSSR count). The second-order valence-corrected chi connectivity index (χ2v) is 0.577. The van der Waals surface area contributed by atoms with Crippen LogP contribution in [0.25, 0.3) is 0 Å². The van der Waals surface area contributed by atoms with Crippen LogP contribution in [-0.2, 0) is 27.3 Å². The molecule has 0 bridgehead atoms. The Balaban J connectivity index is -0.0000000400. The van der Waals surface area contributed by atoms with E-state index < -0.39 is 0 Å². The summed E-state index contributed by atoms with van der Waals surface area (Å²) in [4.78, 5) is 0. The molecule has 36 valence electrons. The van der Waals surface area contributed by atoms with Gasteiger partial charge in [0.05, 0.1) is 0 Å². The predicted octanol–water partition coefficient (Wildman–Crippen LogP) is 2.01. The molecule has 0 saturated heterocycles. The van der Waals surface area contributed by atoms with E-state index in [1.807, 2.05) is 0 Å². The van der Waals surface area contributed by atoms with Crippen LogP contribution in [0.2, 0.25) is 0 Å². The molecular weight excluding hydrogens is 184 g/mol. The summed E-state index contributed by atoms with van der Waals surface area (Å²) in [5, 5.41) is 0. The zero-order chi connectivity index (χ0) is 5.41. The van der Waals surface area contributed by atoms with Crippen LogP contribution < -0.4 is 0 Å². The molecule has 0 saturated carbocycles. The van der Waals surface area contributed by atoms with Gasteiger partial charge < -0.3 is 0 Å². The van der Waals surface area contributed by atoms with E-state index in [2.05, 4.69) is 27.0 Å². The van der Waals surface area contributed by atoms with Crippen LogP contribution in [0.4, 0.5) is 0 Å². The molecule has 0 aromatic carbocycles. The fourth-order valence-corrected chi connectivity index (χ4v) is 0. The van der Waals surface area contributed by atoms with Crippen LogP contribution in [-0.4, -0.2) is 0 Å². The Morgan fingerprint density at radius 3 is 1.00 bits per heavy atom. The maximum absolute atomic E-state index is 3.25. The van der Waals surface area contributed by atoms with Crippen molar-refractivity contribution >= 4 is 0 Å². The molecule has 0 aliphatic carbocycles. The van der Waals surface area contributed by atoms with Gasteiger partial charge in [-0.3, -0.25) is 0 Å². The average molecular weight is 195 g/mol. The summed E-state index contributed by atoms with van der Waals surface area (Å²) in [6, 6.07) is 0. The second kappa shape index (κ2) is 35.4. The maximum atomic E-state index is 3.25. The third-order valence-electron chi connectivity index (χ3n) is 0. The minimum atomic E-state index is 0. The van der Waals surface area contributed by atoms with Crippen LogP contribution in [0.3, 0.4) is 0 Å². The molecule has 0 nitrogen and oxygen atoms in total. The minimum absolute atomic E-state index is 0. The number of hydrogen-bond acceptors (Lipinski definition) is 0. The van der Waals surface area contributed by atoms with Crippen LogP contribution >= 0.6 is 0 Å². The number of rotatable bonds is 0. The summed E-state index contributed by atoms with van der Waals surface area (Å²) in [5.74, 6) is 0. The molecule has 7 heavy (non-hydrogen) atoms. The number of allylic oxidation sites excluding steroid dienone is 2. The molecule has 0 heterocycles. The summed E-state index contributed by atoms with van der Waals surface area (Å²) < 4.78 is 0. The van der Waals surface area contributed by atoms with Crippen molar-refractivity contribution in [2.75, 3.05) is 0 Å². The van der Waals surface area contributed by atoms with Crippen molar-refractivity contribution in [2.24, 2.45) is 0 Å². The molecule has 0 atom stereocenters. The molecule has 0 unspecified atom stereocenters. The smallest absolute Gasteiger partial charge is 0.245 e. The van der Waals surface area contributed by atoms with Gasteiger partial charge in [0.15, 0.2) is 0 Å². The van der Waals surface area contributed by atoms with E-state index in [-0.39, 0.29) is 27.3 Å². The summed E-state index contributed by atoms with van der Waals surface area (Å²) in [6.45, 7) is 13.0. The van der Waals surface area contributed by atoms with Gasteiger partial charge in [0.1, 0.15) is 0 Å². The third kappa shape index (κ3) is 5220. The topological polar surface area (TPSA) is 0 Å². The second-order valence-electron chi connectivity index (χ2n) is 0.577. The summed E-state index contributed by atoms with van der Waals surface area (Å²) in [6.07, 6.45) is 3.00. The van der Waals surface area contributed by atoms with Crippen molar-refractivity contribution in [1.29, 1.82) is 0 Å². The van der Waals surface area contributed by atoms with E-state index in [0.717, 1.165) is 0 Å². The first-order valence-corrected chi connectivity index (χ1v) is 1.63. The molecule has 0 aromatic rings. The molecule has 0 spiro atoms. The minimum Gasteiger partial charge on any atom is -0.245 e. The molecule has 0 amide bonds. The molecule has 0 aliphatic rings. The van der Waals surface area contributed by atoms with Crippen molar-refractivity contribution in [2.45, 2.75) is 0 Å². The largest absolute Gasteiger partial charge is 2.00 e. The van der Waals surface area contributed by atoms with Crippen molar-refractivity contribution in [3.05, 3.63) is 39.2 Å². The van der Waals surface area contributed by atoms with Gasteiger partial charge in [-0.25, -0.2) is 39.2 Å². The molecular formula is C6H10Cd. The SMILES string of the molecule is C=C[CH2-].C=C[CH2-].[Cd+2]. The first kappa shape index (κ1) is 15.7. The Morgan fingerprint density at radius 2 is 1.00 bits per heavy atom. The first-order chi connectivity index (χ1) is 2.83. The fraction of sp³-hybridized carbons (Fsp3) is 0. The molecule has 0 radical (unpaired) electrons. The molecule has 0 N–H and O–H groups in total. The quantitative estimate of drug-likeness (QED) is 0.409. The van der Waals surface area contributed by atoms with Crippen LogP contribution in [0.15, 0.2) is 25.3 Å². The van der Waals surface area contributed by atoms with Crippen LogP contribution in [0.5, 0.6) is 0 Å². The molecule has 1 heteroatoms. The Morgan fingerprint density at radius 1 is 1.00 bits per heavy atom. The average Bonchev–Trinajstić information content (AvgIpc) is 1.39. The normalized spacial score (nSPS) is 3.43. The van der Waals surface area contributed by atoms with Gasteiger partial charge in [0.25, 0.3) is 0 Å². The van der Waals surface area contributed by atoms with Gasteiger partial charge in [-0.2, -0.15) is 0 Å². The van der Waals surface area contributed by atoms with E-state index in [0.29, 0.717) is 0 Å². The summed E-state index contributed by atoms with van der Waals surface area (Å²) in [5.41, 5.74) is 0. The van der Waals surface area contributed by atoms with E-state index in [1.165, 1.54) is 12.2 Å². The summed E-state index contributed by atoms with van der Waals surface area (Å²) >= 11 is 0. The van der Waals surface area contributed by atoms with Crippen LogP contribution in [0, 0.1) is 13.8 Å². The molecule has 0 fully saturated rings. The van der Waals surface area contributed by atoms with E-state index in [9.17, 15) is 0 Å². The van der Waals surface area contributed by atoms with Gasteiger partial charge >= 0.3 is 27.3 Å². The third-order valence-corrected chi connectivity index (χ3v) is 0. The van der Waals surface area contributed by atoms with E-state index >= 15 is 0 Å². The van der Waals surface area contributed by atoms with Gasteiger partial charge in [-0.05, 0) is 0 Å². The van der Waals surface area contributed by atoms with Crippen LogP contribution in [0.1, 0.15) is 0 Å². The van der Waals surface area contributed by atoms with E-state index in [4.69, 9.17) is 0 Å². The van der Waals surface area contributed by atoms with Gasteiger partial charge in [0, 0.05) is 0 Å². The Hall–Kier alpha value is 0.142. The molecule has 0 aliphatic heterocycles. The summed E-state index contributed by atoms with van der Waals surface area (Å²) in [7, 11) is 0. The van der Waals surface area contributed by atoms with Crippen molar-refractivity contribution in [3.8, 4) is 0 Å². The fourth-order valence-electron chi connectivity index (χ4n) is 0. The maximum Gasteiger partial charge on any atom is 2.00 e. The standard InChI is InChI=1S/2C3H5.Cd/c2*1-3-2;/h2*3H,1-2H2;/q2*-1;+2. The Bertz CT molecular complexity index is 25.2. The van der Waals surface area contributed by atoms with Crippen molar-refractivity contribution in [3.63, 3.8) is 0 Å². The zero-order valence-electron chi connectivity index (χ0n) is 4.69. The van der Waals surface area contributed by atoms with Crippen molar-refractivity contribution < 1.29 is 27.3 Å². The van der Waals surface area contributed by atoms with Gasteiger partial charge in [0.2, 0.25) is 0 Å². The predicted molar refractivity (Wildman–Crippen MR) is 31.1 cm³/mol. The molecule has 0 aromatic heterocycles. The zero-order valence-corrected chi connectivity index (χ0v) is 8.73. The van der Waals surface area contributed by atoms with E-state index in [1.54, 1.807) is 0 Å². The number of hydrogen-bond donors (Lipinski definition) is 0.